The molecule has 2 heterocycles. The minimum absolute atomic E-state index is 0.0433. The molecular weight excluding hydrogens is 688 g/mol. The first-order chi connectivity index (χ1) is 23.0. The number of hydrogen-bond acceptors (Lipinski definition) is 10. The summed E-state index contributed by atoms with van der Waals surface area (Å²) in [6.45, 7) is 5.65. The Balaban J connectivity index is 1.93. The van der Waals surface area contributed by atoms with Crippen LogP contribution in [0.15, 0.2) is 77.4 Å². The Morgan fingerprint density at radius 1 is 1.02 bits per heavy atom. The minimum Gasteiger partial charge on any atom is -0.496 e. The Morgan fingerprint density at radius 2 is 1.76 bits per heavy atom. The van der Waals surface area contributed by atoms with Crippen molar-refractivity contribution in [3.8, 4) is 11.5 Å². The molecule has 1 N–H and O–H groups in total. The number of amides is 2. The number of para-hydroxylation sites is 1. The van der Waals surface area contributed by atoms with Gasteiger partial charge in [0.05, 0.1) is 13.7 Å². The van der Waals surface area contributed by atoms with Gasteiger partial charge in [0, 0.05) is 43.3 Å². The summed E-state index contributed by atoms with van der Waals surface area (Å²) in [5, 5.41) is 5.84. The van der Waals surface area contributed by atoms with Gasteiger partial charge in [-0.3, -0.25) is 19.2 Å². The molecule has 17 heteroatoms. The number of thiazole rings is 1. The topological polar surface area (TPSA) is 142 Å². The van der Waals surface area contributed by atoms with Crippen molar-refractivity contribution in [3.05, 3.63) is 83.6 Å². The number of hydrogen-bond donors (Lipinski definition) is 1. The van der Waals surface area contributed by atoms with Crippen LogP contribution in [0.4, 0.5) is 18.3 Å². The molecule has 0 saturated carbocycles. The number of methoxy groups -OCH3 is 2. The average molecular weight is 724 g/mol. The molecule has 0 fully saturated rings. The highest BCUT2D eigenvalue weighted by molar-refractivity contribution is 7.90. The van der Waals surface area contributed by atoms with Crippen LogP contribution >= 0.6 is 11.3 Å². The third-order valence-electron chi connectivity index (χ3n) is 7.43. The molecule has 2 amide bonds. The summed E-state index contributed by atoms with van der Waals surface area (Å²) in [6, 6.07) is 10.4. The molecular formula is C32H36F3N5O7S2. The highest BCUT2D eigenvalue weighted by atomic mass is 32.2. The van der Waals surface area contributed by atoms with Crippen molar-refractivity contribution in [1.29, 1.82) is 0 Å². The molecule has 49 heavy (non-hydrogen) atoms. The van der Waals surface area contributed by atoms with Crippen LogP contribution < -0.4 is 19.1 Å². The van der Waals surface area contributed by atoms with Crippen molar-refractivity contribution in [2.24, 2.45) is 0 Å². The zero-order chi connectivity index (χ0) is 36.0. The number of carbonyl (C=O) groups excluding carboxylic acids is 2. The monoisotopic (exact) mass is 723 g/mol. The van der Waals surface area contributed by atoms with E-state index < -0.39 is 44.4 Å². The zero-order valence-electron chi connectivity index (χ0n) is 27.4. The second-order valence-electron chi connectivity index (χ2n) is 11.9. The van der Waals surface area contributed by atoms with Crippen LogP contribution in [0.25, 0.3) is 0 Å². The number of aromatic nitrogens is 3. The first kappa shape index (κ1) is 37.3. The Bertz CT molecular complexity index is 1850. The number of nitrogens with one attached hydrogen (secondary N) is 1. The summed E-state index contributed by atoms with van der Waals surface area (Å²) in [5.41, 5.74) is -1.55. The molecule has 4 rings (SSSR count). The highest BCUT2D eigenvalue weighted by Gasteiger charge is 2.50. The van der Waals surface area contributed by atoms with Gasteiger partial charge in [0.15, 0.2) is 5.13 Å². The van der Waals surface area contributed by atoms with Gasteiger partial charge in [0.2, 0.25) is 0 Å². The van der Waals surface area contributed by atoms with Crippen LogP contribution in [0, 0.1) is 0 Å². The molecule has 4 aromatic rings. The number of anilines is 1. The van der Waals surface area contributed by atoms with Gasteiger partial charge in [-0.2, -0.15) is 5.10 Å². The Labute approximate surface area is 285 Å². The Hall–Kier alpha value is -4.48. The third kappa shape index (κ3) is 8.76. The summed E-state index contributed by atoms with van der Waals surface area (Å²) < 4.78 is 85.2. The predicted molar refractivity (Wildman–Crippen MR) is 175 cm³/mol. The van der Waals surface area contributed by atoms with Gasteiger partial charge in [-0.05, 0) is 54.2 Å². The minimum atomic E-state index is -5.22. The van der Waals surface area contributed by atoms with E-state index in [1.165, 1.54) is 49.6 Å². The fourth-order valence-electron chi connectivity index (χ4n) is 5.24. The van der Waals surface area contributed by atoms with Gasteiger partial charge in [0.25, 0.3) is 21.8 Å². The van der Waals surface area contributed by atoms with Crippen molar-refractivity contribution < 1.29 is 45.4 Å². The third-order valence-corrected chi connectivity index (χ3v) is 9.56. The summed E-state index contributed by atoms with van der Waals surface area (Å²) in [6.07, 6.45) is -0.907. The summed E-state index contributed by atoms with van der Waals surface area (Å²) >= 11 is 1.02. The van der Waals surface area contributed by atoms with Crippen LogP contribution in [-0.4, -0.2) is 67.7 Å². The fourth-order valence-corrected chi connectivity index (χ4v) is 7.14. The molecule has 1 atom stereocenters. The van der Waals surface area contributed by atoms with Crippen LogP contribution in [0.2, 0.25) is 0 Å². The molecule has 2 aromatic carbocycles. The molecule has 0 aliphatic carbocycles. The summed E-state index contributed by atoms with van der Waals surface area (Å²) in [4.78, 5) is 33.9. The van der Waals surface area contributed by atoms with Gasteiger partial charge in [-0.25, -0.2) is 18.1 Å². The van der Waals surface area contributed by atoms with E-state index in [1.807, 2.05) is 25.5 Å². The molecule has 0 bridgehead atoms. The van der Waals surface area contributed by atoms with E-state index in [1.54, 1.807) is 23.6 Å². The lowest BCUT2D eigenvalue weighted by Gasteiger charge is -2.41. The van der Waals surface area contributed by atoms with Crippen molar-refractivity contribution >= 4 is 38.3 Å². The zero-order valence-corrected chi connectivity index (χ0v) is 29.0. The first-order valence-corrected chi connectivity index (χ1v) is 17.2. The number of alkyl halides is 3. The van der Waals surface area contributed by atoms with Crippen molar-refractivity contribution in [2.45, 2.75) is 62.4 Å². The largest absolute Gasteiger partial charge is 0.573 e. The lowest BCUT2D eigenvalue weighted by molar-refractivity contribution is -0.275. The van der Waals surface area contributed by atoms with Crippen LogP contribution in [0.3, 0.4) is 0 Å². The van der Waals surface area contributed by atoms with E-state index in [2.05, 4.69) is 14.8 Å². The van der Waals surface area contributed by atoms with Crippen LogP contribution in [-0.2, 0) is 31.5 Å². The number of rotatable bonds is 14. The molecule has 1 unspecified atom stereocenters. The van der Waals surface area contributed by atoms with Gasteiger partial charge < -0.3 is 14.2 Å². The number of benzene rings is 2. The maximum Gasteiger partial charge on any atom is 0.573 e. The Morgan fingerprint density at radius 3 is 2.35 bits per heavy atom. The molecule has 0 saturated heterocycles. The molecule has 264 valence electrons. The number of carbonyl (C=O) groups is 2. The molecule has 0 aliphatic heterocycles. The van der Waals surface area contributed by atoms with Gasteiger partial charge in [0.1, 0.15) is 21.9 Å². The number of ether oxygens (including phenoxy) is 3. The van der Waals surface area contributed by atoms with E-state index in [4.69, 9.17) is 9.47 Å². The standard InChI is InChI=1S/C32H36F3N5O7S2/c1-30(2,3)23-13-12-22(20-25(23)46-5)27(41)40(29-36-16-19-48-29)31(14-8-18-45-4,21-39-17-9-15-37-39)28(42)38-49(43,44)26-11-7-6-10-24(26)47-32(33,34)35/h6-7,9-13,15-17,19-20H,8,14,18,21H2,1-5H3,(H,38,42). The van der Waals surface area contributed by atoms with Gasteiger partial charge >= 0.3 is 6.36 Å². The summed E-state index contributed by atoms with van der Waals surface area (Å²) in [7, 11) is -2.15. The van der Waals surface area contributed by atoms with Crippen molar-refractivity contribution in [3.63, 3.8) is 0 Å². The van der Waals surface area contributed by atoms with Gasteiger partial charge in [-0.15, -0.1) is 24.5 Å². The second-order valence-corrected chi connectivity index (χ2v) is 14.4. The van der Waals surface area contributed by atoms with E-state index in [0.29, 0.717) is 5.75 Å². The highest BCUT2D eigenvalue weighted by Crippen LogP contribution is 2.37. The number of nitrogens with zero attached hydrogens (tertiary/aromatic N) is 4. The van der Waals surface area contributed by atoms with Gasteiger partial charge in [-0.1, -0.05) is 39.0 Å². The number of sulfonamides is 1. The smallest absolute Gasteiger partial charge is 0.496 e. The maximum absolute atomic E-state index is 14.7. The fraction of sp³-hybridized carbons (Fsp3) is 0.375. The lowest BCUT2D eigenvalue weighted by Crippen LogP contribution is -2.64. The van der Waals surface area contributed by atoms with E-state index >= 15 is 0 Å². The van der Waals surface area contributed by atoms with Crippen molar-refractivity contribution in [1.82, 2.24) is 19.5 Å². The van der Waals surface area contributed by atoms with Crippen LogP contribution in [0.5, 0.6) is 11.5 Å². The van der Waals surface area contributed by atoms with E-state index in [-0.39, 0.29) is 42.1 Å². The predicted octanol–water partition coefficient (Wildman–Crippen LogP) is 5.56. The molecule has 12 nitrogen and oxygen atoms in total. The molecule has 0 radical (unpaired) electrons. The normalized spacial score (nSPS) is 13.4. The molecule has 0 aliphatic rings. The second kappa shape index (κ2) is 15.0. The molecule has 0 spiro atoms. The first-order valence-electron chi connectivity index (χ1n) is 14.8. The quantitative estimate of drug-likeness (QED) is 0.166. The van der Waals surface area contributed by atoms with E-state index in [0.717, 1.165) is 40.0 Å². The average Bonchev–Trinajstić information content (AvgIpc) is 3.74. The lowest BCUT2D eigenvalue weighted by atomic mass is 9.85. The summed E-state index contributed by atoms with van der Waals surface area (Å²) in [5.74, 6) is -2.61. The Kier molecular flexibility index (Phi) is 11.4. The van der Waals surface area contributed by atoms with Crippen LogP contribution in [0.1, 0.15) is 49.5 Å². The van der Waals surface area contributed by atoms with Crippen molar-refractivity contribution in [2.75, 3.05) is 25.7 Å². The van der Waals surface area contributed by atoms with E-state index in [9.17, 15) is 31.2 Å². The number of halogens is 3. The SMILES string of the molecule is COCCCC(Cn1cccn1)(C(=O)NS(=O)(=O)c1ccccc1OC(F)(F)F)N(C(=O)c1ccc(C(C)(C)C)c(OC)c1)c1nccs1. The maximum atomic E-state index is 14.7. The molecule has 2 aromatic heterocycles.